The molecule has 3 rings (SSSR count). The van der Waals surface area contributed by atoms with Gasteiger partial charge in [-0.1, -0.05) is 6.07 Å². The first-order valence-corrected chi connectivity index (χ1v) is 8.76. The zero-order valence-corrected chi connectivity index (χ0v) is 15.6. The van der Waals surface area contributed by atoms with Crippen molar-refractivity contribution in [2.24, 2.45) is 0 Å². The minimum absolute atomic E-state index is 0. The van der Waals surface area contributed by atoms with E-state index < -0.39 is 17.9 Å². The Morgan fingerprint density at radius 3 is 2.56 bits per heavy atom. The van der Waals surface area contributed by atoms with Gasteiger partial charge in [-0.2, -0.15) is 0 Å². The lowest BCUT2D eigenvalue weighted by molar-refractivity contribution is -0.138. The van der Waals surface area contributed by atoms with Crippen LogP contribution in [0.15, 0.2) is 18.2 Å². The summed E-state index contributed by atoms with van der Waals surface area (Å²) in [6.07, 6.45) is 2.07. The predicted octanol–water partition coefficient (Wildman–Crippen LogP) is 1.73. The minimum atomic E-state index is -0.849. The first-order valence-electron chi connectivity index (χ1n) is 8.76. The van der Waals surface area contributed by atoms with Crippen LogP contribution in [0.25, 0.3) is 0 Å². The summed E-state index contributed by atoms with van der Waals surface area (Å²) in [6, 6.07) is 4.30. The number of hydrogen-bond acceptors (Lipinski definition) is 5. The molecular formula is C18H23ClFN3O4. The highest BCUT2D eigenvalue weighted by Crippen LogP contribution is 2.31. The Bertz CT molecular complexity index is 723. The van der Waals surface area contributed by atoms with Crippen LogP contribution in [0.4, 0.5) is 10.1 Å². The molecule has 148 valence electrons. The van der Waals surface area contributed by atoms with Crippen LogP contribution in [-0.2, 0) is 14.4 Å². The molecule has 0 radical (unpaired) electrons. The SMILES string of the molecule is Cl.O=C(O)CN1CCC(c2ccc(N[C@H]3CCC(=O)NC3=O)cc2F)CC1. The average Bonchev–Trinajstić information content (AvgIpc) is 2.58. The van der Waals surface area contributed by atoms with Gasteiger partial charge >= 0.3 is 5.97 Å². The number of nitrogens with zero attached hydrogens (tertiary/aromatic N) is 1. The molecule has 0 saturated carbocycles. The Morgan fingerprint density at radius 2 is 1.96 bits per heavy atom. The number of piperidine rings is 2. The smallest absolute Gasteiger partial charge is 0.317 e. The molecule has 1 aromatic rings. The zero-order chi connectivity index (χ0) is 18.7. The molecule has 2 fully saturated rings. The number of hydrogen-bond donors (Lipinski definition) is 3. The van der Waals surface area contributed by atoms with Gasteiger partial charge in [0.05, 0.1) is 6.54 Å². The third kappa shape index (κ3) is 5.40. The molecule has 0 aliphatic carbocycles. The molecule has 0 unspecified atom stereocenters. The molecule has 0 aromatic heterocycles. The number of imide groups is 1. The lowest BCUT2D eigenvalue weighted by atomic mass is 9.89. The van der Waals surface area contributed by atoms with Crippen molar-refractivity contribution >= 4 is 35.9 Å². The number of nitrogens with one attached hydrogen (secondary N) is 2. The molecule has 2 aliphatic rings. The second kappa shape index (κ2) is 9.14. The Kier molecular flexibility index (Phi) is 7.15. The molecule has 2 saturated heterocycles. The van der Waals surface area contributed by atoms with Crippen molar-refractivity contribution in [2.75, 3.05) is 25.0 Å². The van der Waals surface area contributed by atoms with E-state index in [9.17, 15) is 18.8 Å². The van der Waals surface area contributed by atoms with Gasteiger partial charge < -0.3 is 10.4 Å². The molecule has 1 aromatic carbocycles. The monoisotopic (exact) mass is 399 g/mol. The summed E-state index contributed by atoms with van der Waals surface area (Å²) in [5.74, 6) is -1.80. The summed E-state index contributed by atoms with van der Waals surface area (Å²) in [5, 5.41) is 14.1. The van der Waals surface area contributed by atoms with Crippen molar-refractivity contribution in [3.63, 3.8) is 0 Å². The fraction of sp³-hybridized carbons (Fsp3) is 0.500. The van der Waals surface area contributed by atoms with Crippen molar-refractivity contribution in [1.29, 1.82) is 0 Å². The zero-order valence-electron chi connectivity index (χ0n) is 14.7. The summed E-state index contributed by atoms with van der Waals surface area (Å²) in [5.41, 5.74) is 1.12. The van der Waals surface area contributed by atoms with Crippen molar-refractivity contribution < 1.29 is 23.9 Å². The van der Waals surface area contributed by atoms with Gasteiger partial charge in [-0.05, 0) is 56.0 Å². The van der Waals surface area contributed by atoms with Gasteiger partial charge in [-0.25, -0.2) is 4.39 Å². The summed E-state index contributed by atoms with van der Waals surface area (Å²) < 4.78 is 14.6. The molecule has 27 heavy (non-hydrogen) atoms. The molecule has 0 spiro atoms. The number of carbonyl (C=O) groups is 3. The molecule has 1 atom stereocenters. The van der Waals surface area contributed by atoms with E-state index in [1.807, 2.05) is 4.90 Å². The van der Waals surface area contributed by atoms with Crippen LogP contribution in [0.3, 0.4) is 0 Å². The first-order chi connectivity index (χ1) is 12.4. The van der Waals surface area contributed by atoms with Crippen molar-refractivity contribution in [2.45, 2.75) is 37.6 Å². The van der Waals surface area contributed by atoms with E-state index in [0.29, 0.717) is 43.6 Å². The largest absolute Gasteiger partial charge is 0.480 e. The Labute approximate surface area is 162 Å². The van der Waals surface area contributed by atoms with Gasteiger partial charge in [0.1, 0.15) is 11.9 Å². The van der Waals surface area contributed by atoms with Crippen LogP contribution in [0, 0.1) is 5.82 Å². The predicted molar refractivity (Wildman–Crippen MR) is 99.5 cm³/mol. The number of aliphatic carboxylic acids is 1. The first kappa shape index (κ1) is 21.1. The Hall–Kier alpha value is -2.19. The highest BCUT2D eigenvalue weighted by atomic mass is 35.5. The number of anilines is 1. The van der Waals surface area contributed by atoms with Gasteiger partial charge in [0.25, 0.3) is 0 Å². The molecule has 7 nitrogen and oxygen atoms in total. The number of amides is 2. The van der Waals surface area contributed by atoms with Gasteiger partial charge in [0.15, 0.2) is 0 Å². The van der Waals surface area contributed by atoms with Crippen LogP contribution in [-0.4, -0.2) is 53.5 Å². The Morgan fingerprint density at radius 1 is 1.26 bits per heavy atom. The topological polar surface area (TPSA) is 98.7 Å². The maximum Gasteiger partial charge on any atom is 0.317 e. The standard InChI is InChI=1S/C18H22FN3O4.ClH/c19-14-9-12(20-15-3-4-16(23)21-18(15)26)1-2-13(14)11-5-7-22(8-6-11)10-17(24)25;/h1-2,9,11,15,20H,3-8,10H2,(H,24,25)(H,21,23,26);1H/t15-;/m0./s1. The number of benzene rings is 1. The minimum Gasteiger partial charge on any atom is -0.480 e. The molecule has 9 heteroatoms. The fourth-order valence-electron chi connectivity index (χ4n) is 3.57. The summed E-state index contributed by atoms with van der Waals surface area (Å²) in [6.45, 7) is 1.28. The van der Waals surface area contributed by atoms with Gasteiger partial charge in [0.2, 0.25) is 11.8 Å². The van der Waals surface area contributed by atoms with Crippen LogP contribution in [0.2, 0.25) is 0 Å². The summed E-state index contributed by atoms with van der Waals surface area (Å²) >= 11 is 0. The number of halogens is 2. The summed E-state index contributed by atoms with van der Waals surface area (Å²) in [4.78, 5) is 35.6. The van der Waals surface area contributed by atoms with E-state index in [-0.39, 0.29) is 43.0 Å². The highest BCUT2D eigenvalue weighted by Gasteiger charge is 2.27. The van der Waals surface area contributed by atoms with Crippen LogP contribution < -0.4 is 10.6 Å². The third-order valence-corrected chi connectivity index (χ3v) is 4.97. The lowest BCUT2D eigenvalue weighted by Gasteiger charge is -2.31. The van der Waals surface area contributed by atoms with Crippen LogP contribution in [0.1, 0.15) is 37.2 Å². The van der Waals surface area contributed by atoms with E-state index in [1.165, 1.54) is 6.07 Å². The number of carboxylic acid groups (broad SMARTS) is 1. The van der Waals surface area contributed by atoms with Gasteiger partial charge in [-0.15, -0.1) is 12.4 Å². The normalized spacial score (nSPS) is 21.3. The van der Waals surface area contributed by atoms with Crippen molar-refractivity contribution in [3.8, 4) is 0 Å². The van der Waals surface area contributed by atoms with Crippen molar-refractivity contribution in [3.05, 3.63) is 29.6 Å². The van der Waals surface area contributed by atoms with E-state index in [1.54, 1.807) is 12.1 Å². The Balaban J connectivity index is 0.00000261. The third-order valence-electron chi connectivity index (χ3n) is 4.97. The molecule has 2 aliphatic heterocycles. The van der Waals surface area contributed by atoms with E-state index in [2.05, 4.69) is 10.6 Å². The number of carbonyl (C=O) groups excluding carboxylic acids is 2. The van der Waals surface area contributed by atoms with Crippen molar-refractivity contribution in [1.82, 2.24) is 10.2 Å². The number of carboxylic acids is 1. The fourth-order valence-corrected chi connectivity index (χ4v) is 3.57. The van der Waals surface area contributed by atoms with E-state index in [4.69, 9.17) is 5.11 Å². The second-order valence-electron chi connectivity index (χ2n) is 6.83. The average molecular weight is 400 g/mol. The molecule has 2 amide bonds. The number of rotatable bonds is 5. The van der Waals surface area contributed by atoms with E-state index >= 15 is 0 Å². The maximum absolute atomic E-state index is 14.6. The lowest BCUT2D eigenvalue weighted by Crippen LogP contribution is -2.47. The number of likely N-dealkylation sites (tertiary alicyclic amines) is 1. The van der Waals surface area contributed by atoms with Crippen LogP contribution in [0.5, 0.6) is 0 Å². The van der Waals surface area contributed by atoms with Crippen LogP contribution >= 0.6 is 12.4 Å². The molecule has 2 heterocycles. The van der Waals surface area contributed by atoms with Gasteiger partial charge in [0, 0.05) is 12.1 Å². The van der Waals surface area contributed by atoms with E-state index in [0.717, 1.165) is 0 Å². The molecule has 0 bridgehead atoms. The second-order valence-corrected chi connectivity index (χ2v) is 6.83. The van der Waals surface area contributed by atoms with Gasteiger partial charge in [-0.3, -0.25) is 24.6 Å². The highest BCUT2D eigenvalue weighted by molar-refractivity contribution is 6.01. The quantitative estimate of drug-likeness (QED) is 0.652. The maximum atomic E-state index is 14.6. The summed E-state index contributed by atoms with van der Waals surface area (Å²) in [7, 11) is 0. The molecular weight excluding hydrogens is 377 g/mol. The molecule has 3 N–H and O–H groups in total.